The molecule has 0 saturated heterocycles. The van der Waals surface area contributed by atoms with Crippen LogP contribution in [0.3, 0.4) is 0 Å². The van der Waals surface area contributed by atoms with Gasteiger partial charge in [0.1, 0.15) is 0 Å². The van der Waals surface area contributed by atoms with Crippen LogP contribution in [0.1, 0.15) is 5.56 Å². The fourth-order valence-corrected chi connectivity index (χ4v) is 14.0. The Morgan fingerprint density at radius 2 is 1.48 bits per heavy atom. The van der Waals surface area contributed by atoms with Crippen LogP contribution >= 0.6 is 0 Å². The van der Waals surface area contributed by atoms with Crippen LogP contribution in [0.2, 0.25) is 19.6 Å². The van der Waals surface area contributed by atoms with E-state index >= 15 is 0 Å². The minimum atomic E-state index is -1.39. The van der Waals surface area contributed by atoms with Crippen LogP contribution in [0, 0.1) is 0 Å². The summed E-state index contributed by atoms with van der Waals surface area (Å²) in [7, 11) is -1.33. The first-order chi connectivity index (χ1) is 10.1. The summed E-state index contributed by atoms with van der Waals surface area (Å²) in [6.45, 7) is 7.43. The second kappa shape index (κ2) is 5.83. The third-order valence-corrected chi connectivity index (χ3v) is 15.7. The van der Waals surface area contributed by atoms with E-state index in [0.717, 1.165) is 0 Å². The van der Waals surface area contributed by atoms with E-state index in [2.05, 4.69) is 92.5 Å². The standard InChI is InChI=1S/C19H21AsSi/c1-21(2,3)19-15-9-11-16-10-7-8-14-18(16)20(19)17-12-5-4-6-13-17/h4-15H,1-3H3. The maximum absolute atomic E-state index is 2.48. The Bertz CT molecular complexity index is 693. The molecular formula is C19H21AsSi. The summed E-state index contributed by atoms with van der Waals surface area (Å²) in [5, 5.41) is 0. The van der Waals surface area contributed by atoms with E-state index in [-0.39, 0.29) is 0 Å². The Morgan fingerprint density at radius 1 is 0.810 bits per heavy atom. The molecule has 0 aliphatic carbocycles. The molecule has 0 aromatic heterocycles. The Morgan fingerprint density at radius 3 is 2.19 bits per heavy atom. The van der Waals surface area contributed by atoms with Crippen molar-refractivity contribution < 1.29 is 0 Å². The van der Waals surface area contributed by atoms with Gasteiger partial charge in [-0.2, -0.15) is 0 Å². The molecule has 0 fully saturated rings. The zero-order valence-electron chi connectivity index (χ0n) is 12.9. The van der Waals surface area contributed by atoms with Crippen LogP contribution in [-0.2, 0) is 0 Å². The first kappa shape index (κ1) is 14.6. The van der Waals surface area contributed by atoms with Crippen LogP contribution in [0.5, 0.6) is 0 Å². The zero-order chi connectivity index (χ0) is 14.9. The van der Waals surface area contributed by atoms with E-state index in [4.69, 9.17) is 0 Å². The van der Waals surface area contributed by atoms with E-state index in [1.54, 1.807) is 12.7 Å². The molecule has 0 radical (unpaired) electrons. The van der Waals surface area contributed by atoms with E-state index < -0.39 is 22.7 Å². The van der Waals surface area contributed by atoms with Gasteiger partial charge in [0.25, 0.3) is 0 Å². The fraction of sp³-hybridized carbons (Fsp3) is 0.158. The molecule has 1 unspecified atom stereocenters. The molecule has 0 bridgehead atoms. The molecule has 2 heteroatoms. The second-order valence-corrected chi connectivity index (χ2v) is 16.9. The summed E-state index contributed by atoms with van der Waals surface area (Å²) in [5.41, 5.74) is 1.41. The van der Waals surface area contributed by atoms with Gasteiger partial charge in [-0.25, -0.2) is 0 Å². The molecule has 0 spiro atoms. The third-order valence-electron chi connectivity index (χ3n) is 3.73. The van der Waals surface area contributed by atoms with Crippen molar-refractivity contribution in [3.05, 3.63) is 76.3 Å². The molecule has 0 nitrogen and oxygen atoms in total. The summed E-state index contributed by atoms with van der Waals surface area (Å²) < 4.78 is 4.89. The molecule has 1 atom stereocenters. The topological polar surface area (TPSA) is 0 Å². The normalized spacial score (nSPS) is 17.9. The molecule has 2 aromatic rings. The summed E-state index contributed by atoms with van der Waals surface area (Å²) in [6, 6.07) is 20.1. The first-order valence-electron chi connectivity index (χ1n) is 7.40. The number of allylic oxidation sites excluding steroid dienone is 2. The van der Waals surface area contributed by atoms with Crippen molar-refractivity contribution in [3.63, 3.8) is 0 Å². The second-order valence-electron chi connectivity index (χ2n) is 6.39. The fourth-order valence-electron chi connectivity index (χ4n) is 2.72. The quantitative estimate of drug-likeness (QED) is 0.724. The summed E-state index contributed by atoms with van der Waals surface area (Å²) in [4.78, 5) is 0. The van der Waals surface area contributed by atoms with Crippen LogP contribution in [0.25, 0.3) is 6.08 Å². The molecule has 1 aliphatic heterocycles. The van der Waals surface area contributed by atoms with Crippen LogP contribution < -0.4 is 8.70 Å². The van der Waals surface area contributed by atoms with Gasteiger partial charge in [-0.15, -0.1) is 0 Å². The van der Waals surface area contributed by atoms with Crippen LogP contribution in [0.4, 0.5) is 0 Å². The number of benzene rings is 2. The van der Waals surface area contributed by atoms with E-state index in [1.165, 1.54) is 5.56 Å². The van der Waals surface area contributed by atoms with Gasteiger partial charge >= 0.3 is 133 Å². The minimum absolute atomic E-state index is 1.33. The van der Waals surface area contributed by atoms with Gasteiger partial charge < -0.3 is 0 Å². The Hall–Kier alpha value is -1.30. The number of fused-ring (bicyclic) bond motifs is 1. The predicted octanol–water partition coefficient (Wildman–Crippen LogP) is 3.67. The van der Waals surface area contributed by atoms with Gasteiger partial charge in [0.2, 0.25) is 0 Å². The van der Waals surface area contributed by atoms with E-state index in [1.807, 2.05) is 0 Å². The molecule has 106 valence electrons. The SMILES string of the molecule is C[Si](C)(C)C1=CC=Cc2ccccc2[As]1c1ccccc1. The third kappa shape index (κ3) is 3.00. The Labute approximate surface area is 133 Å². The van der Waals surface area contributed by atoms with Crippen molar-refractivity contribution in [2.75, 3.05) is 0 Å². The van der Waals surface area contributed by atoms with Gasteiger partial charge in [0.05, 0.1) is 0 Å². The number of hydrogen-bond donors (Lipinski definition) is 0. The van der Waals surface area contributed by atoms with Crippen molar-refractivity contribution in [1.29, 1.82) is 0 Å². The molecule has 2 aromatic carbocycles. The molecule has 0 saturated carbocycles. The first-order valence-corrected chi connectivity index (χ1v) is 13.7. The molecule has 1 heterocycles. The zero-order valence-corrected chi connectivity index (χ0v) is 15.8. The number of hydrogen-bond acceptors (Lipinski definition) is 0. The monoisotopic (exact) mass is 352 g/mol. The number of rotatable bonds is 2. The van der Waals surface area contributed by atoms with E-state index in [0.29, 0.717) is 0 Å². The van der Waals surface area contributed by atoms with Crippen molar-refractivity contribution in [1.82, 2.24) is 0 Å². The van der Waals surface area contributed by atoms with Crippen molar-refractivity contribution in [2.45, 2.75) is 19.6 Å². The van der Waals surface area contributed by atoms with Gasteiger partial charge in [-0.05, 0) is 0 Å². The predicted molar refractivity (Wildman–Crippen MR) is 98.4 cm³/mol. The molecular weight excluding hydrogens is 331 g/mol. The molecule has 21 heavy (non-hydrogen) atoms. The van der Waals surface area contributed by atoms with Crippen LogP contribution in [0.15, 0.2) is 70.7 Å². The Kier molecular flexibility index (Phi) is 4.06. The average Bonchev–Trinajstić information content (AvgIpc) is 2.67. The molecule has 0 N–H and O–H groups in total. The van der Waals surface area contributed by atoms with E-state index in [9.17, 15) is 0 Å². The molecule has 1 aliphatic rings. The average molecular weight is 352 g/mol. The van der Waals surface area contributed by atoms with Gasteiger partial charge in [0, 0.05) is 0 Å². The van der Waals surface area contributed by atoms with Crippen LogP contribution in [-0.4, -0.2) is 22.7 Å². The summed E-state index contributed by atoms with van der Waals surface area (Å²) >= 11 is -1.39. The van der Waals surface area contributed by atoms with Gasteiger partial charge in [-0.3, -0.25) is 0 Å². The van der Waals surface area contributed by atoms with Crippen molar-refractivity contribution in [2.24, 2.45) is 0 Å². The van der Waals surface area contributed by atoms with Gasteiger partial charge in [0.15, 0.2) is 0 Å². The van der Waals surface area contributed by atoms with Crippen molar-refractivity contribution >= 4 is 37.5 Å². The molecule has 0 amide bonds. The van der Waals surface area contributed by atoms with Gasteiger partial charge in [-0.1, -0.05) is 0 Å². The molecule has 3 rings (SSSR count). The maximum atomic E-state index is 2.48. The Balaban J connectivity index is 2.23. The summed E-state index contributed by atoms with van der Waals surface area (Å²) in [6.07, 6.45) is 6.98. The van der Waals surface area contributed by atoms with Crippen molar-refractivity contribution in [3.8, 4) is 0 Å². The summed E-state index contributed by atoms with van der Waals surface area (Å²) in [5.74, 6) is 0.